The fourth-order valence-electron chi connectivity index (χ4n) is 4.86. The summed E-state index contributed by atoms with van der Waals surface area (Å²) in [4.78, 5) is 50.6. The molecule has 0 unspecified atom stereocenters. The van der Waals surface area contributed by atoms with Gasteiger partial charge < -0.3 is 4.79 Å². The third-order valence-electron chi connectivity index (χ3n) is 6.08. The lowest BCUT2D eigenvalue weighted by Crippen LogP contribution is -2.75. The average Bonchev–Trinajstić information content (AvgIpc) is 2.64. The molecule has 9 nitrogen and oxygen atoms in total. The third-order valence-corrected chi connectivity index (χ3v) is 6.08. The Morgan fingerprint density at radius 1 is 1.18 bits per heavy atom. The zero-order valence-electron chi connectivity index (χ0n) is 15.9. The van der Waals surface area contributed by atoms with E-state index in [4.69, 9.17) is 0 Å². The van der Waals surface area contributed by atoms with E-state index < -0.39 is 38.4 Å². The van der Waals surface area contributed by atoms with Crippen molar-refractivity contribution in [1.29, 1.82) is 0 Å². The van der Waals surface area contributed by atoms with E-state index in [2.05, 4.69) is 0 Å². The van der Waals surface area contributed by atoms with Crippen molar-refractivity contribution in [1.82, 2.24) is 4.90 Å². The van der Waals surface area contributed by atoms with E-state index in [0.717, 1.165) is 6.42 Å². The molecule has 0 radical (unpaired) electrons. The molecule has 2 aliphatic rings. The number of hydrogen-bond donors (Lipinski definition) is 0. The Morgan fingerprint density at radius 3 is 2.36 bits per heavy atom. The van der Waals surface area contributed by atoms with Gasteiger partial charge in [0, 0.05) is 27.4 Å². The first-order chi connectivity index (χ1) is 13.2. The second-order valence-electron chi connectivity index (χ2n) is 7.76. The van der Waals surface area contributed by atoms with E-state index in [-0.39, 0.29) is 30.6 Å². The second kappa shape index (κ2) is 7.05. The van der Waals surface area contributed by atoms with Crippen LogP contribution in [0.2, 0.25) is 0 Å². The molecule has 1 fully saturated rings. The van der Waals surface area contributed by atoms with E-state index >= 15 is 0 Å². The Bertz CT molecular complexity index is 856. The van der Waals surface area contributed by atoms with Crippen molar-refractivity contribution in [2.24, 2.45) is 5.92 Å². The van der Waals surface area contributed by atoms with Crippen LogP contribution in [0.25, 0.3) is 0 Å². The highest BCUT2D eigenvalue weighted by molar-refractivity contribution is 6.06. The molecular formula is C19H23N3O6. The maximum absolute atomic E-state index is 13.4. The van der Waals surface area contributed by atoms with Crippen LogP contribution in [0, 0.1) is 26.1 Å². The molecule has 1 aromatic rings. The van der Waals surface area contributed by atoms with Crippen LogP contribution in [0.3, 0.4) is 0 Å². The van der Waals surface area contributed by atoms with Crippen LogP contribution in [-0.4, -0.2) is 51.5 Å². The molecule has 1 aliphatic carbocycles. The van der Waals surface area contributed by atoms with Crippen LogP contribution in [0.5, 0.6) is 0 Å². The average molecular weight is 389 g/mol. The van der Waals surface area contributed by atoms with Crippen molar-refractivity contribution >= 4 is 11.6 Å². The number of ketones is 2. The van der Waals surface area contributed by atoms with Gasteiger partial charge in [-0.15, -0.1) is 0 Å². The molecule has 0 amide bonds. The van der Waals surface area contributed by atoms with Gasteiger partial charge in [-0.05, 0) is 19.9 Å². The molecule has 1 aliphatic heterocycles. The normalized spacial score (nSPS) is 29.2. The van der Waals surface area contributed by atoms with Crippen molar-refractivity contribution in [3.05, 3.63) is 55.6 Å². The molecule has 1 heterocycles. The molecule has 3 rings (SSSR count). The smallest absolute Gasteiger partial charge is 0.300 e. The van der Waals surface area contributed by atoms with E-state index in [0.29, 0.717) is 13.0 Å². The van der Waals surface area contributed by atoms with Crippen molar-refractivity contribution < 1.29 is 19.4 Å². The van der Waals surface area contributed by atoms with Gasteiger partial charge in [-0.25, -0.2) is 0 Å². The van der Waals surface area contributed by atoms with Gasteiger partial charge in [0.2, 0.25) is 5.78 Å². The van der Waals surface area contributed by atoms with Gasteiger partial charge in [-0.1, -0.05) is 37.6 Å². The summed E-state index contributed by atoms with van der Waals surface area (Å²) in [6.07, 6.45) is 1.13. The van der Waals surface area contributed by atoms with Crippen LogP contribution >= 0.6 is 0 Å². The molecule has 0 aromatic heterocycles. The van der Waals surface area contributed by atoms with E-state index in [1.54, 1.807) is 17.0 Å². The fraction of sp³-hybridized carbons (Fsp3) is 0.579. The Kier molecular flexibility index (Phi) is 5.05. The number of Topliss-reactive ketones (excluding diaryl/α,β-unsaturated/α-hetero) is 2. The predicted octanol–water partition coefficient (Wildman–Crippen LogP) is 2.08. The molecule has 9 heteroatoms. The Morgan fingerprint density at radius 2 is 1.79 bits per heavy atom. The molecule has 0 spiro atoms. The Labute approximate surface area is 162 Å². The summed E-state index contributed by atoms with van der Waals surface area (Å²) < 4.78 is 0. The summed E-state index contributed by atoms with van der Waals surface area (Å²) in [5.74, 6) is -2.47. The highest BCUT2D eigenvalue weighted by Gasteiger charge is 2.77. The number of piperidine rings is 1. The zero-order valence-corrected chi connectivity index (χ0v) is 15.9. The first kappa shape index (κ1) is 20.1. The number of unbranched alkanes of at least 4 members (excludes halogenated alkanes) is 1. The first-order valence-corrected chi connectivity index (χ1v) is 9.37. The summed E-state index contributed by atoms with van der Waals surface area (Å²) in [6, 6.07) is 6.05. The molecule has 0 saturated carbocycles. The van der Waals surface area contributed by atoms with E-state index in [1.807, 2.05) is 6.92 Å². The number of nitrogens with zero attached hydrogens (tertiary/aromatic N) is 3. The molecule has 3 atom stereocenters. The maximum atomic E-state index is 13.4. The van der Waals surface area contributed by atoms with Crippen LogP contribution in [0.1, 0.15) is 49.0 Å². The van der Waals surface area contributed by atoms with Crippen molar-refractivity contribution in [2.45, 2.75) is 44.2 Å². The van der Waals surface area contributed by atoms with Crippen LogP contribution in [-0.2, 0) is 10.3 Å². The summed E-state index contributed by atoms with van der Waals surface area (Å²) in [7, 11) is 0. The molecular weight excluding hydrogens is 366 g/mol. The lowest BCUT2D eigenvalue weighted by Gasteiger charge is -2.50. The predicted molar refractivity (Wildman–Crippen MR) is 99.3 cm³/mol. The number of rotatable bonds is 7. The number of fused-ring (bicyclic) bond motifs is 4. The van der Waals surface area contributed by atoms with E-state index in [9.17, 15) is 29.8 Å². The SMILES string of the molecule is CCCCN1C[C@]2([N+](=O)[O-])c3ccccc3C(=O)[C@]([N+](=O)[O-])(C1)[C@@H]2CC(C)=O. The van der Waals surface area contributed by atoms with Gasteiger partial charge in [0.05, 0.1) is 13.1 Å². The third kappa shape index (κ3) is 2.64. The first-order valence-electron chi connectivity index (χ1n) is 9.37. The zero-order chi connectivity index (χ0) is 20.7. The highest BCUT2D eigenvalue weighted by atomic mass is 16.6. The molecule has 150 valence electrons. The monoisotopic (exact) mass is 389 g/mol. The maximum Gasteiger partial charge on any atom is 0.306 e. The standard InChI is InChI=1S/C19H23N3O6/c1-3-4-9-20-11-18(21(25)26)15-8-6-5-7-14(15)17(24)19(12-20,22(27)28)16(18)10-13(2)23/h5-8,16H,3-4,9-12H2,1-2H3/t16-,18+,19+/m1/s1. The number of hydrogen-bond acceptors (Lipinski definition) is 7. The van der Waals surface area contributed by atoms with Crippen LogP contribution < -0.4 is 0 Å². The van der Waals surface area contributed by atoms with Gasteiger partial charge in [-0.2, -0.15) is 0 Å². The molecule has 1 aromatic carbocycles. The number of nitro groups is 2. The van der Waals surface area contributed by atoms with Gasteiger partial charge in [0.15, 0.2) is 0 Å². The van der Waals surface area contributed by atoms with Gasteiger partial charge in [0.25, 0.3) is 5.54 Å². The van der Waals surface area contributed by atoms with Crippen LogP contribution in [0.15, 0.2) is 24.3 Å². The number of benzene rings is 1. The largest absolute Gasteiger partial charge is 0.306 e. The number of carbonyl (C=O) groups excluding carboxylic acids is 2. The number of likely N-dealkylation sites (tertiary alicyclic amines) is 1. The summed E-state index contributed by atoms with van der Waals surface area (Å²) in [6.45, 7) is 3.34. The van der Waals surface area contributed by atoms with Gasteiger partial charge in [0.1, 0.15) is 11.7 Å². The Balaban J connectivity index is 2.34. The minimum Gasteiger partial charge on any atom is -0.300 e. The lowest BCUT2D eigenvalue weighted by atomic mass is 9.56. The van der Waals surface area contributed by atoms with E-state index in [1.165, 1.54) is 19.1 Å². The topological polar surface area (TPSA) is 124 Å². The summed E-state index contributed by atoms with van der Waals surface area (Å²) in [5, 5.41) is 24.8. The Hall–Kier alpha value is -2.68. The number of carbonyl (C=O) groups is 2. The lowest BCUT2D eigenvalue weighted by molar-refractivity contribution is -0.640. The second-order valence-corrected chi connectivity index (χ2v) is 7.76. The van der Waals surface area contributed by atoms with Gasteiger partial charge in [-0.3, -0.25) is 29.9 Å². The molecule has 2 bridgehead atoms. The molecule has 0 N–H and O–H groups in total. The highest BCUT2D eigenvalue weighted by Crippen LogP contribution is 2.53. The summed E-state index contributed by atoms with van der Waals surface area (Å²) >= 11 is 0. The van der Waals surface area contributed by atoms with Gasteiger partial charge >= 0.3 is 5.54 Å². The molecule has 28 heavy (non-hydrogen) atoms. The summed E-state index contributed by atoms with van der Waals surface area (Å²) in [5.41, 5.74) is -3.89. The minimum atomic E-state index is -2.21. The van der Waals surface area contributed by atoms with Crippen molar-refractivity contribution in [3.63, 3.8) is 0 Å². The fourth-order valence-corrected chi connectivity index (χ4v) is 4.86. The quantitative estimate of drug-likeness (QED) is 0.516. The van der Waals surface area contributed by atoms with Crippen molar-refractivity contribution in [2.75, 3.05) is 19.6 Å². The van der Waals surface area contributed by atoms with Crippen LogP contribution in [0.4, 0.5) is 0 Å². The van der Waals surface area contributed by atoms with Crippen molar-refractivity contribution in [3.8, 4) is 0 Å². The minimum absolute atomic E-state index is 0.0193. The molecule has 1 saturated heterocycles.